The van der Waals surface area contributed by atoms with Crippen molar-refractivity contribution in [1.82, 2.24) is 0 Å². The van der Waals surface area contributed by atoms with Crippen LogP contribution in [0.5, 0.6) is 23.0 Å². The average Bonchev–Trinajstić information content (AvgIpc) is 2.59. The van der Waals surface area contributed by atoms with Crippen molar-refractivity contribution in [2.24, 2.45) is 5.18 Å². The zero-order valence-electron chi connectivity index (χ0n) is 13.9. The molecule has 3 rings (SSSR count). The Balaban J connectivity index is 2.52. The molecule has 0 aliphatic heterocycles. The molecule has 0 saturated heterocycles. The number of phenols is 4. The number of hydrogen-bond donors (Lipinski definition) is 5. The van der Waals surface area contributed by atoms with Gasteiger partial charge in [-0.3, -0.25) is 0 Å². The van der Waals surface area contributed by atoms with Gasteiger partial charge in [0.2, 0.25) is 0 Å². The molecule has 0 amide bonds. The fraction of sp³-hybridized carbons (Fsp3) is 0.333. The molecule has 1 atom stereocenters. The first kappa shape index (κ1) is 17.0. The van der Waals surface area contributed by atoms with Crippen molar-refractivity contribution >= 4 is 16.5 Å². The molecule has 7 heteroatoms. The molecule has 25 heavy (non-hydrogen) atoms. The number of allylic oxidation sites excluding steroid dienone is 1. The van der Waals surface area contributed by atoms with E-state index in [0.717, 1.165) is 0 Å². The summed E-state index contributed by atoms with van der Waals surface area (Å²) in [4.78, 5) is 11.1. The summed E-state index contributed by atoms with van der Waals surface area (Å²) in [6.45, 7) is 3.03. The fourth-order valence-corrected chi connectivity index (χ4v) is 3.59. The molecule has 0 spiro atoms. The molecule has 1 aliphatic rings. The summed E-state index contributed by atoms with van der Waals surface area (Å²) in [7, 11) is 0. The van der Waals surface area contributed by atoms with Gasteiger partial charge in [-0.2, -0.15) is 0 Å². The van der Waals surface area contributed by atoms with E-state index in [2.05, 4.69) is 5.18 Å². The van der Waals surface area contributed by atoms with E-state index in [1.165, 1.54) is 13.0 Å². The zero-order valence-corrected chi connectivity index (χ0v) is 13.9. The predicted octanol–water partition coefficient (Wildman–Crippen LogP) is 2.95. The Kier molecular flexibility index (Phi) is 4.04. The van der Waals surface area contributed by atoms with Gasteiger partial charge in [-0.1, -0.05) is 6.08 Å². The van der Waals surface area contributed by atoms with Crippen LogP contribution in [0.2, 0.25) is 0 Å². The van der Waals surface area contributed by atoms with E-state index in [9.17, 15) is 30.4 Å². The van der Waals surface area contributed by atoms with E-state index in [4.69, 9.17) is 0 Å². The van der Waals surface area contributed by atoms with E-state index in [1.54, 1.807) is 6.92 Å². The Hall–Kier alpha value is -2.80. The van der Waals surface area contributed by atoms with E-state index < -0.39 is 11.9 Å². The highest BCUT2D eigenvalue weighted by atomic mass is 16.3. The summed E-state index contributed by atoms with van der Waals surface area (Å²) in [5.41, 5.74) is 0.849. The second kappa shape index (κ2) is 5.93. The maximum absolute atomic E-state index is 11.1. The highest BCUT2D eigenvalue weighted by Crippen LogP contribution is 2.53. The first-order valence-corrected chi connectivity index (χ1v) is 7.95. The molecule has 7 nitrogen and oxygen atoms in total. The summed E-state index contributed by atoms with van der Waals surface area (Å²) in [6, 6.07) is 0. The molecule has 0 saturated carbocycles. The van der Waals surface area contributed by atoms with Gasteiger partial charge in [-0.05, 0) is 31.9 Å². The molecule has 1 unspecified atom stereocenters. The fourth-order valence-electron chi connectivity index (χ4n) is 3.59. The minimum Gasteiger partial charge on any atom is -0.507 e. The number of aliphatic hydroxyl groups is 1. The second-order valence-electron chi connectivity index (χ2n) is 6.26. The van der Waals surface area contributed by atoms with Crippen LogP contribution in [0.15, 0.2) is 11.3 Å². The molecule has 132 valence electrons. The number of aliphatic hydroxyl groups excluding tert-OH is 1. The summed E-state index contributed by atoms with van der Waals surface area (Å²) in [5.74, 6) is -1.35. The van der Waals surface area contributed by atoms with Crippen molar-refractivity contribution in [1.29, 1.82) is 0 Å². The van der Waals surface area contributed by atoms with Crippen LogP contribution in [-0.2, 0) is 12.8 Å². The van der Waals surface area contributed by atoms with Gasteiger partial charge >= 0.3 is 0 Å². The molecule has 0 bridgehead atoms. The Morgan fingerprint density at radius 3 is 2.24 bits per heavy atom. The average molecular weight is 345 g/mol. The smallest absolute Gasteiger partial charge is 0.137 e. The summed E-state index contributed by atoms with van der Waals surface area (Å²) in [5, 5.41) is 55.0. The Labute approximate surface area is 143 Å². The lowest BCUT2D eigenvalue weighted by atomic mass is 9.84. The number of phenolic OH excluding ortho intramolecular Hbond substituents is 4. The van der Waals surface area contributed by atoms with E-state index >= 15 is 0 Å². The summed E-state index contributed by atoms with van der Waals surface area (Å²) >= 11 is 0. The quantitative estimate of drug-likeness (QED) is 0.420. The normalized spacial score (nSPS) is 17.6. The first-order chi connectivity index (χ1) is 11.8. The number of aromatic hydroxyl groups is 4. The highest BCUT2D eigenvalue weighted by Gasteiger charge is 2.30. The molecule has 0 radical (unpaired) electrons. The molecule has 0 heterocycles. The second-order valence-corrected chi connectivity index (χ2v) is 6.26. The van der Waals surface area contributed by atoms with Gasteiger partial charge in [-0.25, -0.2) is 0 Å². The monoisotopic (exact) mass is 345 g/mol. The number of fused-ring (bicyclic) bond motifs is 2. The summed E-state index contributed by atoms with van der Waals surface area (Å²) < 4.78 is 0. The highest BCUT2D eigenvalue weighted by molar-refractivity contribution is 6.07. The van der Waals surface area contributed by atoms with Crippen molar-refractivity contribution < 1.29 is 25.5 Å². The van der Waals surface area contributed by atoms with Gasteiger partial charge < -0.3 is 25.5 Å². The minimum atomic E-state index is -0.653. The van der Waals surface area contributed by atoms with Crippen molar-refractivity contribution in [3.63, 3.8) is 0 Å². The number of nitroso groups, excluding NO2 is 1. The van der Waals surface area contributed by atoms with Crippen molar-refractivity contribution in [2.45, 2.75) is 39.2 Å². The van der Waals surface area contributed by atoms with Crippen LogP contribution in [0, 0.1) is 11.8 Å². The maximum atomic E-state index is 11.1. The van der Waals surface area contributed by atoms with Crippen molar-refractivity contribution in [2.75, 3.05) is 0 Å². The molecule has 1 aliphatic carbocycles. The van der Waals surface area contributed by atoms with Gasteiger partial charge in [0, 0.05) is 23.1 Å². The standard InChI is InChI=1S/C18H19NO6/c1-3-11(19-25)12-7(2)15(21)13-14(18(12)24)16(22)9-5-4-8(20)6-10(9)17(13)23/h3,8,20-24H,4-6H2,1-2H3/b11-3+. The van der Waals surface area contributed by atoms with E-state index in [0.29, 0.717) is 24.0 Å². The zero-order chi connectivity index (χ0) is 18.5. The third-order valence-corrected chi connectivity index (χ3v) is 4.90. The molecule has 5 N–H and O–H groups in total. The Bertz CT molecular complexity index is 932. The van der Waals surface area contributed by atoms with Crippen LogP contribution in [0.25, 0.3) is 16.5 Å². The number of rotatable bonds is 2. The van der Waals surface area contributed by atoms with Gasteiger partial charge in [0.25, 0.3) is 0 Å². The number of nitrogens with zero attached hydrogens (tertiary/aromatic N) is 1. The van der Waals surface area contributed by atoms with E-state index in [-0.39, 0.29) is 51.3 Å². The molecule has 2 aromatic rings. The maximum Gasteiger partial charge on any atom is 0.137 e. The van der Waals surface area contributed by atoms with Gasteiger partial charge in [0.15, 0.2) is 0 Å². The Morgan fingerprint density at radius 1 is 1.04 bits per heavy atom. The summed E-state index contributed by atoms with van der Waals surface area (Å²) in [6.07, 6.45) is 1.60. The molecule has 0 aromatic heterocycles. The van der Waals surface area contributed by atoms with E-state index in [1.807, 2.05) is 0 Å². The van der Waals surface area contributed by atoms with Crippen LogP contribution >= 0.6 is 0 Å². The predicted molar refractivity (Wildman–Crippen MR) is 92.8 cm³/mol. The lowest BCUT2D eigenvalue weighted by Crippen LogP contribution is -2.19. The van der Waals surface area contributed by atoms with Gasteiger partial charge in [-0.15, -0.1) is 4.91 Å². The van der Waals surface area contributed by atoms with Crippen molar-refractivity contribution in [3.8, 4) is 23.0 Å². The lowest BCUT2D eigenvalue weighted by molar-refractivity contribution is 0.157. The van der Waals surface area contributed by atoms with Crippen LogP contribution in [0.1, 0.15) is 35.6 Å². The Morgan fingerprint density at radius 2 is 1.64 bits per heavy atom. The number of hydrogen-bond acceptors (Lipinski definition) is 7. The van der Waals surface area contributed by atoms with Gasteiger partial charge in [0.05, 0.1) is 22.4 Å². The SMILES string of the molecule is C/C=C(/N=O)c1c(C)c(O)c2c(O)c3c(c(O)c2c1O)CCC(O)C3. The molecule has 2 aromatic carbocycles. The third kappa shape index (κ3) is 2.31. The van der Waals surface area contributed by atoms with Crippen LogP contribution < -0.4 is 0 Å². The van der Waals surface area contributed by atoms with Crippen LogP contribution in [0.4, 0.5) is 0 Å². The first-order valence-electron chi connectivity index (χ1n) is 7.95. The largest absolute Gasteiger partial charge is 0.507 e. The topological polar surface area (TPSA) is 131 Å². The van der Waals surface area contributed by atoms with Gasteiger partial charge in [0.1, 0.15) is 28.7 Å². The lowest BCUT2D eigenvalue weighted by Gasteiger charge is -2.25. The molecular weight excluding hydrogens is 326 g/mol. The molecular formula is C18H19NO6. The van der Waals surface area contributed by atoms with Crippen LogP contribution in [-0.4, -0.2) is 31.6 Å². The minimum absolute atomic E-state index is 0.00740. The van der Waals surface area contributed by atoms with Crippen LogP contribution in [0.3, 0.4) is 0 Å². The third-order valence-electron chi connectivity index (χ3n) is 4.90. The molecule has 0 fully saturated rings. The number of benzene rings is 2. The van der Waals surface area contributed by atoms with Crippen molar-refractivity contribution in [3.05, 3.63) is 33.2 Å².